The van der Waals surface area contributed by atoms with Crippen LogP contribution in [0.15, 0.2) is 18.3 Å². The molecule has 1 amide bonds. The average molecular weight is 285 g/mol. The second-order valence-electron chi connectivity index (χ2n) is 4.94. The van der Waals surface area contributed by atoms with E-state index in [4.69, 9.17) is 0 Å². The molecule has 8 nitrogen and oxygen atoms in total. The van der Waals surface area contributed by atoms with E-state index in [1.54, 1.807) is 18.3 Å². The zero-order valence-corrected chi connectivity index (χ0v) is 12.0. The number of amides is 1. The normalized spacial score (nSPS) is 12.5. The van der Waals surface area contributed by atoms with Crippen LogP contribution in [0.1, 0.15) is 40.3 Å². The summed E-state index contributed by atoms with van der Waals surface area (Å²) < 4.78 is 1.47. The minimum Gasteiger partial charge on any atom is -0.345 e. The van der Waals surface area contributed by atoms with Crippen molar-refractivity contribution in [3.05, 3.63) is 40.8 Å². The van der Waals surface area contributed by atoms with Gasteiger partial charge in [-0.2, -0.15) is 9.61 Å². The Bertz CT molecular complexity index is 784. The molecule has 0 radical (unpaired) electrons. The molecule has 0 aliphatic heterocycles. The van der Waals surface area contributed by atoms with E-state index >= 15 is 0 Å². The molecule has 0 saturated heterocycles. The van der Waals surface area contributed by atoms with Crippen LogP contribution in [-0.2, 0) is 0 Å². The largest absolute Gasteiger partial charge is 0.345 e. The number of carbonyl (C=O) groups is 1. The van der Waals surface area contributed by atoms with Gasteiger partial charge in [-0.05, 0) is 43.3 Å². The molecule has 3 heterocycles. The zero-order valence-electron chi connectivity index (χ0n) is 12.0. The Balaban J connectivity index is 1.82. The Kier molecular flexibility index (Phi) is 3.13. The Morgan fingerprint density at radius 3 is 2.90 bits per heavy atom. The molecule has 8 heteroatoms. The molecule has 2 N–H and O–H groups in total. The fourth-order valence-electron chi connectivity index (χ4n) is 2.43. The van der Waals surface area contributed by atoms with Gasteiger partial charge in [-0.3, -0.25) is 9.89 Å². The van der Waals surface area contributed by atoms with Crippen molar-refractivity contribution in [1.82, 2.24) is 35.6 Å². The SMILES string of the molecule is Cc1n[nH]c(C)c1[C@@H](C)NC(=O)c1ccc2nnnn2c1. The summed E-state index contributed by atoms with van der Waals surface area (Å²) in [7, 11) is 0. The first-order chi connectivity index (χ1) is 10.1. The Morgan fingerprint density at radius 2 is 2.19 bits per heavy atom. The van der Waals surface area contributed by atoms with Gasteiger partial charge in [0.2, 0.25) is 0 Å². The first-order valence-corrected chi connectivity index (χ1v) is 6.56. The first-order valence-electron chi connectivity index (χ1n) is 6.56. The lowest BCUT2D eigenvalue weighted by atomic mass is 10.1. The van der Waals surface area contributed by atoms with E-state index in [1.807, 2.05) is 20.8 Å². The summed E-state index contributed by atoms with van der Waals surface area (Å²) in [5.74, 6) is -0.181. The monoisotopic (exact) mass is 285 g/mol. The second kappa shape index (κ2) is 4.97. The van der Waals surface area contributed by atoms with Crippen LogP contribution in [0.2, 0.25) is 0 Å². The zero-order chi connectivity index (χ0) is 15.0. The van der Waals surface area contributed by atoms with Crippen molar-refractivity contribution < 1.29 is 4.79 Å². The van der Waals surface area contributed by atoms with E-state index in [9.17, 15) is 4.79 Å². The van der Waals surface area contributed by atoms with E-state index < -0.39 is 0 Å². The van der Waals surface area contributed by atoms with Crippen molar-refractivity contribution in [1.29, 1.82) is 0 Å². The van der Waals surface area contributed by atoms with Crippen molar-refractivity contribution in [3.63, 3.8) is 0 Å². The van der Waals surface area contributed by atoms with Gasteiger partial charge >= 0.3 is 0 Å². The maximum Gasteiger partial charge on any atom is 0.253 e. The van der Waals surface area contributed by atoms with Gasteiger partial charge in [0.05, 0.1) is 17.3 Å². The predicted molar refractivity (Wildman–Crippen MR) is 74.7 cm³/mol. The number of aromatic nitrogens is 6. The Labute approximate surface area is 120 Å². The molecule has 0 saturated carbocycles. The molecule has 0 aromatic carbocycles. The minimum absolute atomic E-state index is 0.138. The quantitative estimate of drug-likeness (QED) is 0.746. The predicted octanol–water partition coefficient (Wildman–Crippen LogP) is 0.955. The van der Waals surface area contributed by atoms with E-state index in [0.717, 1.165) is 17.0 Å². The first kappa shape index (κ1) is 13.2. The number of nitrogens with zero attached hydrogens (tertiary/aromatic N) is 5. The van der Waals surface area contributed by atoms with Crippen LogP contribution in [0.3, 0.4) is 0 Å². The van der Waals surface area contributed by atoms with Gasteiger partial charge in [-0.15, -0.1) is 5.10 Å². The molecular formula is C13H15N7O. The van der Waals surface area contributed by atoms with Crippen molar-refractivity contribution in [2.45, 2.75) is 26.8 Å². The van der Waals surface area contributed by atoms with Gasteiger partial charge in [-0.25, -0.2) is 0 Å². The molecule has 0 bridgehead atoms. The highest BCUT2D eigenvalue weighted by atomic mass is 16.1. The number of aromatic amines is 1. The summed E-state index contributed by atoms with van der Waals surface area (Å²) in [4.78, 5) is 12.3. The van der Waals surface area contributed by atoms with Crippen LogP contribution in [0.5, 0.6) is 0 Å². The van der Waals surface area contributed by atoms with Gasteiger partial charge in [0, 0.05) is 17.5 Å². The van der Waals surface area contributed by atoms with Crippen LogP contribution in [0.4, 0.5) is 0 Å². The number of fused-ring (bicyclic) bond motifs is 1. The average Bonchev–Trinajstić information content (AvgIpc) is 3.04. The molecule has 21 heavy (non-hydrogen) atoms. The molecule has 0 unspecified atom stereocenters. The summed E-state index contributed by atoms with van der Waals surface area (Å²) in [6.45, 7) is 5.78. The second-order valence-corrected chi connectivity index (χ2v) is 4.94. The summed E-state index contributed by atoms with van der Waals surface area (Å²) >= 11 is 0. The number of aryl methyl sites for hydroxylation is 2. The summed E-state index contributed by atoms with van der Waals surface area (Å²) in [5.41, 5.74) is 3.95. The third kappa shape index (κ3) is 2.35. The molecule has 3 rings (SSSR count). The molecule has 0 aliphatic rings. The van der Waals surface area contributed by atoms with Crippen molar-refractivity contribution in [2.24, 2.45) is 0 Å². The van der Waals surface area contributed by atoms with E-state index in [2.05, 4.69) is 31.0 Å². The lowest BCUT2D eigenvalue weighted by Crippen LogP contribution is -2.27. The lowest BCUT2D eigenvalue weighted by Gasteiger charge is -2.14. The highest BCUT2D eigenvalue weighted by molar-refractivity contribution is 5.94. The molecule has 108 valence electrons. The summed E-state index contributed by atoms with van der Waals surface area (Å²) in [6.07, 6.45) is 1.60. The summed E-state index contributed by atoms with van der Waals surface area (Å²) in [5, 5.41) is 21.1. The number of nitrogens with one attached hydrogen (secondary N) is 2. The third-order valence-electron chi connectivity index (χ3n) is 3.42. The molecule has 1 atom stereocenters. The van der Waals surface area contributed by atoms with Crippen LogP contribution in [-0.4, -0.2) is 36.1 Å². The molecule has 0 aliphatic carbocycles. The van der Waals surface area contributed by atoms with Gasteiger partial charge in [-0.1, -0.05) is 0 Å². The minimum atomic E-state index is -0.181. The topological polar surface area (TPSA) is 101 Å². The molecule has 0 spiro atoms. The number of H-pyrrole nitrogens is 1. The lowest BCUT2D eigenvalue weighted by molar-refractivity contribution is 0.0939. The van der Waals surface area contributed by atoms with Crippen LogP contribution >= 0.6 is 0 Å². The highest BCUT2D eigenvalue weighted by Crippen LogP contribution is 2.19. The molecular weight excluding hydrogens is 270 g/mol. The Morgan fingerprint density at radius 1 is 1.38 bits per heavy atom. The van der Waals surface area contributed by atoms with Crippen LogP contribution in [0, 0.1) is 13.8 Å². The number of pyridine rings is 1. The number of carbonyl (C=O) groups excluding carboxylic acids is 1. The third-order valence-corrected chi connectivity index (χ3v) is 3.42. The van der Waals surface area contributed by atoms with Crippen LogP contribution in [0.25, 0.3) is 5.65 Å². The maximum atomic E-state index is 12.3. The number of hydrogen-bond donors (Lipinski definition) is 2. The fourth-order valence-corrected chi connectivity index (χ4v) is 2.43. The van der Waals surface area contributed by atoms with E-state index in [0.29, 0.717) is 11.2 Å². The van der Waals surface area contributed by atoms with Crippen molar-refractivity contribution in [2.75, 3.05) is 0 Å². The van der Waals surface area contributed by atoms with Gasteiger partial charge in [0.15, 0.2) is 5.65 Å². The van der Waals surface area contributed by atoms with Crippen molar-refractivity contribution >= 4 is 11.6 Å². The number of tetrazole rings is 1. The number of rotatable bonds is 3. The smallest absolute Gasteiger partial charge is 0.253 e. The summed E-state index contributed by atoms with van der Waals surface area (Å²) in [6, 6.07) is 3.26. The molecule has 3 aromatic heterocycles. The molecule has 3 aromatic rings. The van der Waals surface area contributed by atoms with Gasteiger partial charge < -0.3 is 5.32 Å². The Hall–Kier alpha value is -2.77. The van der Waals surface area contributed by atoms with Gasteiger partial charge in [0.1, 0.15) is 0 Å². The highest BCUT2D eigenvalue weighted by Gasteiger charge is 2.17. The van der Waals surface area contributed by atoms with Crippen LogP contribution < -0.4 is 5.32 Å². The maximum absolute atomic E-state index is 12.3. The molecule has 0 fully saturated rings. The van der Waals surface area contributed by atoms with E-state index in [-0.39, 0.29) is 11.9 Å². The van der Waals surface area contributed by atoms with Crippen molar-refractivity contribution in [3.8, 4) is 0 Å². The van der Waals surface area contributed by atoms with E-state index in [1.165, 1.54) is 4.52 Å². The fraction of sp³-hybridized carbons (Fsp3) is 0.308. The standard InChI is InChI=1S/C13H15N7O/c1-7(12-8(2)15-16-9(12)3)14-13(21)10-4-5-11-17-18-19-20(11)6-10/h4-7H,1-3H3,(H,14,21)(H,15,16)/t7-/m1/s1. The number of hydrogen-bond acceptors (Lipinski definition) is 5. The van der Waals surface area contributed by atoms with Gasteiger partial charge in [0.25, 0.3) is 5.91 Å².